The van der Waals surface area contributed by atoms with Crippen LogP contribution in [0.1, 0.15) is 35.8 Å². The number of nitrogens with two attached hydrogens (primary N) is 1. The Balaban J connectivity index is 1.33. The number of aromatic nitrogens is 2. The molecule has 2 heterocycles. The smallest absolute Gasteiger partial charge is 0.275 e. The zero-order chi connectivity index (χ0) is 25.9. The molecule has 1 aliphatic heterocycles. The molecular weight excluding hydrogens is 502 g/mol. The van der Waals surface area contributed by atoms with Gasteiger partial charge in [0.15, 0.2) is 16.8 Å². The third-order valence-electron chi connectivity index (χ3n) is 6.82. The maximum Gasteiger partial charge on any atom is 0.275 e. The Kier molecular flexibility index (Phi) is 5.90. The summed E-state index contributed by atoms with van der Waals surface area (Å²) in [4.78, 5) is 25.0. The summed E-state index contributed by atoms with van der Waals surface area (Å²) >= 11 is 1.37. The number of rotatable bonds is 8. The first-order valence-electron chi connectivity index (χ1n) is 11.1. The van der Waals surface area contributed by atoms with Crippen molar-refractivity contribution in [3.63, 3.8) is 0 Å². The Morgan fingerprint density at radius 1 is 1.25 bits per heavy atom. The number of alkyl halides is 2. The summed E-state index contributed by atoms with van der Waals surface area (Å²) < 4.78 is 65.7. The lowest BCUT2D eigenvalue weighted by molar-refractivity contribution is 0.0849. The maximum atomic E-state index is 15.0. The van der Waals surface area contributed by atoms with Crippen LogP contribution in [0, 0.1) is 23.5 Å². The van der Waals surface area contributed by atoms with Gasteiger partial charge < -0.3 is 20.5 Å². The van der Waals surface area contributed by atoms with E-state index in [1.54, 1.807) is 14.0 Å². The first-order chi connectivity index (χ1) is 17.0. The fourth-order valence-electron chi connectivity index (χ4n) is 4.70. The molecule has 36 heavy (non-hydrogen) atoms. The van der Waals surface area contributed by atoms with Gasteiger partial charge in [-0.05, 0) is 19.4 Å². The quantitative estimate of drug-likeness (QED) is 0.506. The number of methoxy groups -OCH3 is 1. The van der Waals surface area contributed by atoms with Crippen molar-refractivity contribution in [2.75, 3.05) is 25.6 Å². The van der Waals surface area contributed by atoms with Gasteiger partial charge in [-0.3, -0.25) is 9.79 Å². The Morgan fingerprint density at radius 3 is 2.64 bits per heavy atom. The lowest BCUT2D eigenvalue weighted by atomic mass is 9.85. The Bertz CT molecular complexity index is 1250. The summed E-state index contributed by atoms with van der Waals surface area (Å²) in [6.45, 7) is 1.87. The molecule has 13 heteroatoms. The van der Waals surface area contributed by atoms with Crippen LogP contribution in [0.15, 0.2) is 29.5 Å². The Hall–Kier alpha value is -2.93. The van der Waals surface area contributed by atoms with Crippen molar-refractivity contribution >= 4 is 28.5 Å². The molecular formula is C23H23F4N5O3S. The summed E-state index contributed by atoms with van der Waals surface area (Å²) in [6.07, 6.45) is 2.66. The summed E-state index contributed by atoms with van der Waals surface area (Å²) in [5.41, 5.74) is 4.72. The number of halogens is 4. The molecule has 5 rings (SSSR count). The van der Waals surface area contributed by atoms with Crippen molar-refractivity contribution in [1.29, 1.82) is 0 Å². The molecule has 1 amide bonds. The van der Waals surface area contributed by atoms with E-state index >= 15 is 4.39 Å². The number of thioether (sulfide) groups is 1. The first-order valence-corrected chi connectivity index (χ1v) is 12.0. The van der Waals surface area contributed by atoms with E-state index in [4.69, 9.17) is 15.2 Å². The van der Waals surface area contributed by atoms with Crippen LogP contribution in [0.5, 0.6) is 5.88 Å². The first kappa shape index (κ1) is 24.8. The lowest BCUT2D eigenvalue weighted by Crippen LogP contribution is -2.38. The maximum absolute atomic E-state index is 15.0. The van der Waals surface area contributed by atoms with Crippen LogP contribution in [-0.2, 0) is 10.3 Å². The molecule has 0 spiro atoms. The lowest BCUT2D eigenvalue weighted by Gasteiger charge is -2.34. The van der Waals surface area contributed by atoms with Crippen LogP contribution >= 0.6 is 11.8 Å². The molecule has 2 aliphatic carbocycles. The molecule has 3 N–H and O–H groups in total. The van der Waals surface area contributed by atoms with Crippen molar-refractivity contribution < 1.29 is 31.8 Å². The van der Waals surface area contributed by atoms with Gasteiger partial charge in [-0.1, -0.05) is 11.8 Å². The van der Waals surface area contributed by atoms with Gasteiger partial charge in [-0.25, -0.2) is 27.5 Å². The number of ether oxygens (including phenoxy) is 2. The molecule has 2 saturated carbocycles. The zero-order valence-electron chi connectivity index (χ0n) is 19.4. The minimum Gasteiger partial charge on any atom is -0.476 e. The minimum atomic E-state index is -2.72. The van der Waals surface area contributed by atoms with Crippen LogP contribution in [0.3, 0.4) is 0 Å². The normalized spacial score (nSPS) is 29.7. The molecule has 0 bridgehead atoms. The highest BCUT2D eigenvalue weighted by Gasteiger charge is 2.66. The van der Waals surface area contributed by atoms with E-state index in [0.717, 1.165) is 18.5 Å². The van der Waals surface area contributed by atoms with E-state index in [9.17, 15) is 18.0 Å². The van der Waals surface area contributed by atoms with Crippen molar-refractivity contribution in [2.24, 2.45) is 22.6 Å². The van der Waals surface area contributed by atoms with Crippen molar-refractivity contribution in [2.45, 2.75) is 36.0 Å². The van der Waals surface area contributed by atoms with Crippen molar-refractivity contribution in [3.8, 4) is 5.88 Å². The highest BCUT2D eigenvalue weighted by atomic mass is 32.2. The van der Waals surface area contributed by atoms with E-state index in [0.29, 0.717) is 13.0 Å². The fraction of sp³-hybridized carbons (Fsp3) is 0.478. The average molecular weight is 526 g/mol. The third kappa shape index (κ3) is 4.38. The number of hydrogen-bond donors (Lipinski definition) is 2. The number of nitrogens with zero attached hydrogens (tertiary/aromatic N) is 3. The number of hydrogen-bond acceptors (Lipinski definition) is 8. The van der Waals surface area contributed by atoms with Gasteiger partial charge in [0, 0.05) is 36.8 Å². The molecule has 0 radical (unpaired) electrons. The van der Waals surface area contributed by atoms with Gasteiger partial charge in [0.1, 0.15) is 5.69 Å². The Labute approximate surface area is 208 Å². The number of anilines is 1. The van der Waals surface area contributed by atoms with Gasteiger partial charge >= 0.3 is 0 Å². The molecule has 4 atom stereocenters. The monoisotopic (exact) mass is 525 g/mol. The SMILES string of the molecule is COC[C@]12C[C@H]1[C@@](C)(c1cc(NC(=O)c3cnc(OC[C@H]4CC4(F)F)cn3)cc(F)c1F)N=C(N)S2. The number of amides is 1. The van der Waals surface area contributed by atoms with Crippen LogP contribution in [0.2, 0.25) is 0 Å². The number of benzene rings is 1. The second-order valence-electron chi connectivity index (χ2n) is 9.44. The van der Waals surface area contributed by atoms with E-state index < -0.39 is 34.9 Å². The molecule has 1 aromatic heterocycles. The van der Waals surface area contributed by atoms with Crippen LogP contribution in [-0.4, -0.2) is 52.0 Å². The van der Waals surface area contributed by atoms with Gasteiger partial charge in [0.05, 0.1) is 41.8 Å². The highest BCUT2D eigenvalue weighted by Crippen LogP contribution is 2.66. The molecule has 2 fully saturated rings. The van der Waals surface area contributed by atoms with Gasteiger partial charge in [0.2, 0.25) is 5.88 Å². The summed E-state index contributed by atoms with van der Waals surface area (Å²) in [5.74, 6) is -6.67. The number of carbonyl (C=O) groups excluding carboxylic acids is 1. The van der Waals surface area contributed by atoms with E-state index in [2.05, 4.69) is 20.3 Å². The van der Waals surface area contributed by atoms with Crippen molar-refractivity contribution in [1.82, 2.24) is 9.97 Å². The predicted octanol–water partition coefficient (Wildman–Crippen LogP) is 3.72. The summed E-state index contributed by atoms with van der Waals surface area (Å²) in [7, 11) is 1.56. The van der Waals surface area contributed by atoms with E-state index in [-0.39, 0.29) is 51.7 Å². The minimum absolute atomic E-state index is 0.00166. The molecule has 2 aromatic rings. The second-order valence-corrected chi connectivity index (χ2v) is 10.9. The number of fused-ring (bicyclic) bond motifs is 1. The van der Waals surface area contributed by atoms with Gasteiger partial charge in [-0.2, -0.15) is 0 Å². The van der Waals surface area contributed by atoms with Gasteiger partial charge in [-0.15, -0.1) is 0 Å². The molecule has 0 unspecified atom stereocenters. The van der Waals surface area contributed by atoms with E-state index in [1.807, 2.05) is 0 Å². The third-order valence-corrected chi connectivity index (χ3v) is 8.10. The number of aliphatic imine (C=N–C) groups is 1. The van der Waals surface area contributed by atoms with Crippen LogP contribution in [0.25, 0.3) is 0 Å². The molecule has 3 aliphatic rings. The fourth-order valence-corrected chi connectivity index (χ4v) is 6.15. The van der Waals surface area contributed by atoms with Crippen LogP contribution in [0.4, 0.5) is 23.2 Å². The molecule has 8 nitrogen and oxygen atoms in total. The zero-order valence-corrected chi connectivity index (χ0v) is 20.2. The molecule has 1 aromatic carbocycles. The second kappa shape index (κ2) is 8.58. The average Bonchev–Trinajstić information content (AvgIpc) is 3.69. The van der Waals surface area contributed by atoms with E-state index in [1.165, 1.54) is 17.8 Å². The topological polar surface area (TPSA) is 112 Å². The van der Waals surface area contributed by atoms with Crippen molar-refractivity contribution in [3.05, 3.63) is 47.4 Å². The molecule has 0 saturated heterocycles. The predicted molar refractivity (Wildman–Crippen MR) is 124 cm³/mol. The van der Waals surface area contributed by atoms with Gasteiger partial charge in [0.25, 0.3) is 11.8 Å². The number of carbonyl (C=O) groups is 1. The number of amidine groups is 1. The Morgan fingerprint density at radius 2 is 2.00 bits per heavy atom. The summed E-state index contributed by atoms with van der Waals surface area (Å²) in [6, 6.07) is 2.19. The van der Waals surface area contributed by atoms with Crippen LogP contribution < -0.4 is 15.8 Å². The standard InChI is InChI=1S/C23H23F4N5O3S/c1-21(16-6-22(16,10-34-2)36-20(28)32-21)13-3-12(4-14(24)18(13)25)31-19(33)15-7-30-17(8-29-15)35-9-11-5-23(11,26)27/h3-4,7-8,11,16H,5-6,9-10H2,1-2H3,(H2,28,32)(H,31,33)/t11-,16+,21-,22-/m1/s1. The number of nitrogens with one attached hydrogen (secondary N) is 1. The summed E-state index contributed by atoms with van der Waals surface area (Å²) in [5, 5.41) is 2.74. The largest absolute Gasteiger partial charge is 0.476 e. The molecule has 192 valence electrons. The highest BCUT2D eigenvalue weighted by molar-refractivity contribution is 8.15.